The second-order valence-electron chi connectivity index (χ2n) is 3.27. The van der Waals surface area contributed by atoms with Crippen LogP contribution in [0.5, 0.6) is 0 Å². The minimum Gasteiger partial charge on any atom is -0.545 e. The van der Waals surface area contributed by atoms with E-state index in [9.17, 15) is 9.90 Å². The molecule has 0 aliphatic rings. The quantitative estimate of drug-likeness (QED) is 0.637. The van der Waals surface area contributed by atoms with Crippen molar-refractivity contribution in [1.82, 2.24) is 0 Å². The summed E-state index contributed by atoms with van der Waals surface area (Å²) in [5.74, 6) is -1.22. The van der Waals surface area contributed by atoms with Gasteiger partial charge in [-0.1, -0.05) is 12.1 Å². The first kappa shape index (κ1) is 12.5. The van der Waals surface area contributed by atoms with Gasteiger partial charge >= 0.3 is 0 Å². The first-order chi connectivity index (χ1) is 7.69. The van der Waals surface area contributed by atoms with Crippen LogP contribution in [0.3, 0.4) is 0 Å². The topological polar surface area (TPSA) is 83.8 Å². The molecule has 0 spiro atoms. The van der Waals surface area contributed by atoms with Crippen LogP contribution in [-0.2, 0) is 0 Å². The molecule has 5 heteroatoms. The van der Waals surface area contributed by atoms with Crippen molar-refractivity contribution in [2.45, 2.75) is 0 Å². The molecule has 0 aromatic heterocycles. The second kappa shape index (κ2) is 6.09. The number of carbonyl (C=O) groups is 1. The van der Waals surface area contributed by atoms with Crippen molar-refractivity contribution in [2.24, 2.45) is 0 Å². The van der Waals surface area contributed by atoms with Crippen LogP contribution < -0.4 is 10.0 Å². The molecule has 0 atom stereocenters. The van der Waals surface area contributed by atoms with Gasteiger partial charge in [0.1, 0.15) is 0 Å². The minimum absolute atomic E-state index is 0.0256. The van der Waals surface area contributed by atoms with Crippen molar-refractivity contribution in [3.8, 4) is 0 Å². The molecule has 1 aromatic carbocycles. The number of benzene rings is 1. The van der Waals surface area contributed by atoms with E-state index in [1.54, 1.807) is 17.0 Å². The number of hydrogen-bond donors (Lipinski definition) is 2. The number of nitrogens with zero attached hydrogens (tertiary/aromatic N) is 1. The first-order valence-corrected chi connectivity index (χ1v) is 4.97. The highest BCUT2D eigenvalue weighted by atomic mass is 16.4. The lowest BCUT2D eigenvalue weighted by Crippen LogP contribution is -2.29. The van der Waals surface area contributed by atoms with Crippen molar-refractivity contribution in [1.29, 1.82) is 0 Å². The smallest absolute Gasteiger partial charge is 0.0715 e. The van der Waals surface area contributed by atoms with Crippen molar-refractivity contribution in [2.75, 3.05) is 31.2 Å². The van der Waals surface area contributed by atoms with Gasteiger partial charge in [0, 0.05) is 18.8 Å². The maximum atomic E-state index is 10.5. The summed E-state index contributed by atoms with van der Waals surface area (Å²) in [5, 5.41) is 28.2. The van der Waals surface area contributed by atoms with Crippen molar-refractivity contribution >= 4 is 11.7 Å². The number of carbonyl (C=O) groups excluding carboxylic acids is 1. The van der Waals surface area contributed by atoms with Crippen LogP contribution in [0.15, 0.2) is 24.3 Å². The normalized spacial score (nSPS) is 10.1. The standard InChI is InChI=1S/C11H15NO4/c13-7-5-12(6-8-14)10-3-1-9(2-4-10)11(15)16/h1-4,13-14H,5-8H2,(H,15,16)/p-1. The predicted molar refractivity (Wildman–Crippen MR) is 57.2 cm³/mol. The molecule has 1 aromatic rings. The molecule has 0 saturated carbocycles. The van der Waals surface area contributed by atoms with Gasteiger partial charge in [0.15, 0.2) is 0 Å². The van der Waals surface area contributed by atoms with Gasteiger partial charge < -0.3 is 25.0 Å². The number of carboxylic acids is 1. The summed E-state index contributed by atoms with van der Waals surface area (Å²) >= 11 is 0. The highest BCUT2D eigenvalue weighted by Crippen LogP contribution is 2.14. The Morgan fingerprint density at radius 2 is 1.62 bits per heavy atom. The summed E-state index contributed by atoms with van der Waals surface area (Å²) in [6.45, 7) is 0.737. The number of anilines is 1. The Bertz CT molecular complexity index is 330. The van der Waals surface area contributed by atoms with E-state index in [2.05, 4.69) is 0 Å². The van der Waals surface area contributed by atoms with E-state index in [-0.39, 0.29) is 18.8 Å². The number of aliphatic hydroxyl groups is 2. The molecule has 0 bridgehead atoms. The number of aliphatic hydroxyl groups excluding tert-OH is 2. The molecule has 88 valence electrons. The predicted octanol–water partition coefficient (Wildman–Crippen LogP) is -1.16. The molecule has 1 rings (SSSR count). The SMILES string of the molecule is O=C([O-])c1ccc(N(CCO)CCO)cc1. The molecule has 0 radical (unpaired) electrons. The van der Waals surface area contributed by atoms with E-state index in [1.807, 2.05) is 0 Å². The molecule has 0 fully saturated rings. The third-order valence-electron chi connectivity index (χ3n) is 2.21. The lowest BCUT2D eigenvalue weighted by atomic mass is 10.2. The largest absolute Gasteiger partial charge is 0.545 e. The first-order valence-electron chi connectivity index (χ1n) is 4.97. The van der Waals surface area contributed by atoms with Crippen LogP contribution >= 0.6 is 0 Å². The van der Waals surface area contributed by atoms with Crippen LogP contribution in [0.4, 0.5) is 5.69 Å². The molecule has 0 unspecified atom stereocenters. The maximum Gasteiger partial charge on any atom is 0.0715 e. The summed E-state index contributed by atoms with van der Waals surface area (Å²) in [6, 6.07) is 6.12. The molecule has 5 nitrogen and oxygen atoms in total. The van der Waals surface area contributed by atoms with Gasteiger partial charge in [-0.05, 0) is 17.7 Å². The third-order valence-corrected chi connectivity index (χ3v) is 2.21. The highest BCUT2D eigenvalue weighted by molar-refractivity contribution is 5.86. The number of aromatic carboxylic acids is 1. The molecular weight excluding hydrogens is 210 g/mol. The van der Waals surface area contributed by atoms with E-state index in [0.717, 1.165) is 5.69 Å². The summed E-state index contributed by atoms with van der Waals surface area (Å²) in [5.41, 5.74) is 0.866. The monoisotopic (exact) mass is 224 g/mol. The summed E-state index contributed by atoms with van der Waals surface area (Å²) in [4.78, 5) is 12.3. The maximum absolute atomic E-state index is 10.5. The fourth-order valence-electron chi connectivity index (χ4n) is 1.42. The zero-order chi connectivity index (χ0) is 12.0. The highest BCUT2D eigenvalue weighted by Gasteiger charge is 2.04. The van der Waals surface area contributed by atoms with Gasteiger partial charge in [0.2, 0.25) is 0 Å². The van der Waals surface area contributed by atoms with Crippen molar-refractivity contribution in [3.63, 3.8) is 0 Å². The lowest BCUT2D eigenvalue weighted by molar-refractivity contribution is -0.255. The summed E-state index contributed by atoms with van der Waals surface area (Å²) in [6.07, 6.45) is 0. The van der Waals surface area contributed by atoms with Crippen molar-refractivity contribution in [3.05, 3.63) is 29.8 Å². The van der Waals surface area contributed by atoms with Gasteiger partial charge in [-0.2, -0.15) is 0 Å². The fraction of sp³-hybridized carbons (Fsp3) is 0.364. The molecule has 0 amide bonds. The minimum atomic E-state index is -1.22. The van der Waals surface area contributed by atoms with E-state index in [1.165, 1.54) is 12.1 Å². The van der Waals surface area contributed by atoms with Crippen molar-refractivity contribution < 1.29 is 20.1 Å². The van der Waals surface area contributed by atoms with E-state index in [4.69, 9.17) is 10.2 Å². The Morgan fingerprint density at radius 3 is 2.00 bits per heavy atom. The average molecular weight is 224 g/mol. The molecular formula is C11H14NO4-. The Kier molecular flexibility index (Phi) is 4.75. The van der Waals surface area contributed by atoms with E-state index >= 15 is 0 Å². The van der Waals surface area contributed by atoms with Gasteiger partial charge in [0.05, 0.1) is 19.2 Å². The Morgan fingerprint density at radius 1 is 1.12 bits per heavy atom. The average Bonchev–Trinajstić information content (AvgIpc) is 2.29. The van der Waals surface area contributed by atoms with Gasteiger partial charge in [0.25, 0.3) is 0 Å². The molecule has 0 aliphatic carbocycles. The van der Waals surface area contributed by atoms with E-state index < -0.39 is 5.97 Å². The van der Waals surface area contributed by atoms with Crippen LogP contribution in [-0.4, -0.2) is 42.5 Å². The Labute approximate surface area is 93.6 Å². The molecule has 0 saturated heterocycles. The third kappa shape index (κ3) is 3.22. The van der Waals surface area contributed by atoms with Crippen LogP contribution in [0.2, 0.25) is 0 Å². The zero-order valence-corrected chi connectivity index (χ0v) is 8.80. The molecule has 0 aliphatic heterocycles. The summed E-state index contributed by atoms with van der Waals surface area (Å²) < 4.78 is 0. The number of rotatable bonds is 6. The fourth-order valence-corrected chi connectivity index (χ4v) is 1.42. The van der Waals surface area contributed by atoms with Crippen LogP contribution in [0, 0.1) is 0 Å². The molecule has 2 N–H and O–H groups in total. The van der Waals surface area contributed by atoms with Crippen LogP contribution in [0.1, 0.15) is 10.4 Å². The lowest BCUT2D eigenvalue weighted by Gasteiger charge is -2.23. The Balaban J connectivity index is 2.80. The summed E-state index contributed by atoms with van der Waals surface area (Å²) in [7, 11) is 0. The number of hydrogen-bond acceptors (Lipinski definition) is 5. The van der Waals surface area contributed by atoms with Crippen LogP contribution in [0.25, 0.3) is 0 Å². The van der Waals surface area contributed by atoms with Gasteiger partial charge in [-0.3, -0.25) is 0 Å². The van der Waals surface area contributed by atoms with E-state index in [0.29, 0.717) is 13.1 Å². The van der Waals surface area contributed by atoms with Gasteiger partial charge in [-0.25, -0.2) is 0 Å². The van der Waals surface area contributed by atoms with Gasteiger partial charge in [-0.15, -0.1) is 0 Å². The Hall–Kier alpha value is -1.59. The molecule has 0 heterocycles. The number of carboxylic acid groups (broad SMARTS) is 1. The second-order valence-corrected chi connectivity index (χ2v) is 3.27. The molecule has 16 heavy (non-hydrogen) atoms. The zero-order valence-electron chi connectivity index (χ0n) is 8.80.